The zero-order valence-electron chi connectivity index (χ0n) is 13.6. The van der Waals surface area contributed by atoms with Crippen LogP contribution in [-0.4, -0.2) is 28.0 Å². The highest BCUT2D eigenvalue weighted by Crippen LogP contribution is 2.36. The number of nitrogens with zero attached hydrogens (tertiary/aromatic N) is 4. The Morgan fingerprint density at radius 2 is 1.96 bits per heavy atom. The van der Waals surface area contributed by atoms with E-state index < -0.39 is 4.92 Å². The number of anilines is 3. The van der Waals surface area contributed by atoms with Crippen LogP contribution in [0.4, 0.5) is 23.0 Å². The number of rotatable bonds is 4. The van der Waals surface area contributed by atoms with Gasteiger partial charge in [0, 0.05) is 18.8 Å². The standard InChI is InChI=1S/C16H17Cl2N5O2/c1-10-4-6-22(7-5-10)16-14(23(24)25)15(19-9-20-16)21-11-2-3-12(17)13(18)8-11/h2-3,8-10H,4-7H2,1H3,(H,19,20,21). The molecule has 0 amide bonds. The number of nitro groups is 1. The number of nitrogens with one attached hydrogen (secondary N) is 1. The molecule has 1 aliphatic rings. The molecule has 2 aromatic rings. The van der Waals surface area contributed by atoms with Gasteiger partial charge >= 0.3 is 5.69 Å². The summed E-state index contributed by atoms with van der Waals surface area (Å²) in [5.74, 6) is 1.09. The summed E-state index contributed by atoms with van der Waals surface area (Å²) in [5.41, 5.74) is 0.428. The van der Waals surface area contributed by atoms with E-state index in [0.29, 0.717) is 27.5 Å². The zero-order valence-corrected chi connectivity index (χ0v) is 15.1. The fourth-order valence-corrected chi connectivity index (χ4v) is 3.09. The molecule has 3 rings (SSSR count). The summed E-state index contributed by atoms with van der Waals surface area (Å²) < 4.78 is 0. The quantitative estimate of drug-likeness (QED) is 0.611. The summed E-state index contributed by atoms with van der Waals surface area (Å²) in [5, 5.41) is 15.4. The molecule has 0 atom stereocenters. The SMILES string of the molecule is CC1CCN(c2ncnc(Nc3ccc(Cl)c(Cl)c3)c2[N+](=O)[O-])CC1. The Labute approximate surface area is 155 Å². The number of aromatic nitrogens is 2. The molecule has 1 aromatic carbocycles. The lowest BCUT2D eigenvalue weighted by Crippen LogP contribution is -2.34. The summed E-state index contributed by atoms with van der Waals surface area (Å²) in [6, 6.07) is 4.90. The van der Waals surface area contributed by atoms with E-state index in [2.05, 4.69) is 22.2 Å². The van der Waals surface area contributed by atoms with Crippen molar-refractivity contribution in [2.45, 2.75) is 19.8 Å². The highest BCUT2D eigenvalue weighted by molar-refractivity contribution is 6.42. The maximum atomic E-state index is 11.7. The van der Waals surface area contributed by atoms with Crippen LogP contribution in [0.25, 0.3) is 0 Å². The maximum Gasteiger partial charge on any atom is 0.353 e. The molecule has 0 bridgehead atoms. The second-order valence-electron chi connectivity index (χ2n) is 6.08. The maximum absolute atomic E-state index is 11.7. The van der Waals surface area contributed by atoms with Gasteiger partial charge < -0.3 is 10.2 Å². The van der Waals surface area contributed by atoms with Gasteiger partial charge in [-0.15, -0.1) is 0 Å². The highest BCUT2D eigenvalue weighted by Gasteiger charge is 2.29. The van der Waals surface area contributed by atoms with Crippen LogP contribution < -0.4 is 10.2 Å². The van der Waals surface area contributed by atoms with Gasteiger partial charge in [-0.05, 0) is 37.0 Å². The van der Waals surface area contributed by atoms with E-state index in [-0.39, 0.29) is 11.5 Å². The Balaban J connectivity index is 1.95. The first kappa shape index (κ1) is 17.7. The van der Waals surface area contributed by atoms with Crippen molar-refractivity contribution in [2.75, 3.05) is 23.3 Å². The molecular weight excluding hydrogens is 365 g/mol. The molecule has 1 aromatic heterocycles. The van der Waals surface area contributed by atoms with Crippen LogP contribution in [0.5, 0.6) is 0 Å². The van der Waals surface area contributed by atoms with E-state index >= 15 is 0 Å². The molecule has 0 aliphatic carbocycles. The molecule has 0 unspecified atom stereocenters. The van der Waals surface area contributed by atoms with Crippen LogP contribution in [0, 0.1) is 16.0 Å². The molecule has 1 saturated heterocycles. The molecule has 7 nitrogen and oxygen atoms in total. The van der Waals surface area contributed by atoms with Crippen molar-refractivity contribution in [3.63, 3.8) is 0 Å². The van der Waals surface area contributed by atoms with Crippen LogP contribution in [0.3, 0.4) is 0 Å². The van der Waals surface area contributed by atoms with Crippen molar-refractivity contribution in [1.82, 2.24) is 9.97 Å². The van der Waals surface area contributed by atoms with Crippen molar-refractivity contribution in [2.24, 2.45) is 5.92 Å². The summed E-state index contributed by atoms with van der Waals surface area (Å²) in [6.07, 6.45) is 3.30. The molecule has 0 radical (unpaired) electrons. The molecule has 1 aliphatic heterocycles. The van der Waals surface area contributed by atoms with E-state index in [1.54, 1.807) is 18.2 Å². The summed E-state index contributed by atoms with van der Waals surface area (Å²) in [4.78, 5) is 21.4. The van der Waals surface area contributed by atoms with Gasteiger partial charge in [0.25, 0.3) is 0 Å². The largest absolute Gasteiger partial charge is 0.353 e. The van der Waals surface area contributed by atoms with Gasteiger partial charge in [0.2, 0.25) is 11.6 Å². The minimum atomic E-state index is -0.451. The number of halogens is 2. The average molecular weight is 382 g/mol. The fourth-order valence-electron chi connectivity index (χ4n) is 2.79. The minimum absolute atomic E-state index is 0.131. The zero-order chi connectivity index (χ0) is 18.0. The third-order valence-electron chi connectivity index (χ3n) is 4.25. The second kappa shape index (κ2) is 7.41. The molecule has 1 fully saturated rings. The Morgan fingerprint density at radius 1 is 1.24 bits per heavy atom. The third kappa shape index (κ3) is 3.93. The highest BCUT2D eigenvalue weighted by atomic mass is 35.5. The topological polar surface area (TPSA) is 84.2 Å². The summed E-state index contributed by atoms with van der Waals surface area (Å²) in [7, 11) is 0. The van der Waals surface area contributed by atoms with Gasteiger partial charge in [-0.3, -0.25) is 10.1 Å². The molecule has 9 heteroatoms. The Morgan fingerprint density at radius 3 is 2.60 bits per heavy atom. The Bertz CT molecular complexity index is 794. The van der Waals surface area contributed by atoms with Crippen molar-refractivity contribution in [3.05, 3.63) is 44.7 Å². The van der Waals surface area contributed by atoms with Gasteiger partial charge in [0.1, 0.15) is 6.33 Å². The molecule has 25 heavy (non-hydrogen) atoms. The van der Waals surface area contributed by atoms with Gasteiger partial charge in [-0.2, -0.15) is 0 Å². The first-order chi connectivity index (χ1) is 12.0. The van der Waals surface area contributed by atoms with Gasteiger partial charge in [-0.1, -0.05) is 30.1 Å². The fraction of sp³-hybridized carbons (Fsp3) is 0.375. The lowest BCUT2D eigenvalue weighted by Gasteiger charge is -2.30. The van der Waals surface area contributed by atoms with E-state index in [0.717, 1.165) is 25.9 Å². The molecule has 0 saturated carbocycles. The number of hydrogen-bond acceptors (Lipinski definition) is 6. The monoisotopic (exact) mass is 381 g/mol. The molecule has 132 valence electrons. The first-order valence-corrected chi connectivity index (χ1v) is 8.67. The predicted octanol–water partition coefficient (Wildman–Crippen LogP) is 4.67. The van der Waals surface area contributed by atoms with Crippen LogP contribution in [-0.2, 0) is 0 Å². The molecule has 2 heterocycles. The van der Waals surface area contributed by atoms with Crippen LogP contribution in [0.2, 0.25) is 10.0 Å². The smallest absolute Gasteiger partial charge is 0.351 e. The first-order valence-electron chi connectivity index (χ1n) is 7.92. The van der Waals surface area contributed by atoms with Crippen LogP contribution in [0.1, 0.15) is 19.8 Å². The Kier molecular flexibility index (Phi) is 5.24. The number of benzene rings is 1. The molecule has 0 spiro atoms. The van der Waals surface area contributed by atoms with Crippen molar-refractivity contribution >= 4 is 46.2 Å². The lowest BCUT2D eigenvalue weighted by atomic mass is 9.99. The van der Waals surface area contributed by atoms with Crippen molar-refractivity contribution < 1.29 is 4.92 Å². The molecular formula is C16H17Cl2N5O2. The average Bonchev–Trinajstić information content (AvgIpc) is 2.58. The van der Waals surface area contributed by atoms with Crippen LogP contribution in [0.15, 0.2) is 24.5 Å². The van der Waals surface area contributed by atoms with E-state index in [9.17, 15) is 10.1 Å². The Hall–Kier alpha value is -2.12. The van der Waals surface area contributed by atoms with E-state index in [1.165, 1.54) is 6.33 Å². The van der Waals surface area contributed by atoms with E-state index in [1.807, 2.05) is 4.90 Å². The van der Waals surface area contributed by atoms with Crippen LogP contribution >= 0.6 is 23.2 Å². The molecule has 1 N–H and O–H groups in total. The number of hydrogen-bond donors (Lipinski definition) is 1. The normalized spacial score (nSPS) is 15.2. The number of piperidine rings is 1. The third-order valence-corrected chi connectivity index (χ3v) is 4.99. The summed E-state index contributed by atoms with van der Waals surface area (Å²) >= 11 is 11.9. The van der Waals surface area contributed by atoms with Crippen molar-refractivity contribution in [1.29, 1.82) is 0 Å². The van der Waals surface area contributed by atoms with Gasteiger partial charge in [0.15, 0.2) is 0 Å². The minimum Gasteiger partial charge on any atom is -0.351 e. The van der Waals surface area contributed by atoms with Gasteiger partial charge in [0.05, 0.1) is 15.0 Å². The second-order valence-corrected chi connectivity index (χ2v) is 6.89. The predicted molar refractivity (Wildman–Crippen MR) is 99.0 cm³/mol. The summed E-state index contributed by atoms with van der Waals surface area (Å²) in [6.45, 7) is 3.67. The van der Waals surface area contributed by atoms with E-state index in [4.69, 9.17) is 23.2 Å². The van der Waals surface area contributed by atoms with Crippen molar-refractivity contribution in [3.8, 4) is 0 Å². The lowest BCUT2D eigenvalue weighted by molar-refractivity contribution is -0.383. The van der Waals surface area contributed by atoms with Gasteiger partial charge in [-0.25, -0.2) is 9.97 Å².